The third kappa shape index (κ3) is 3.90. The minimum atomic E-state index is 0.637. The van der Waals surface area contributed by atoms with Crippen LogP contribution in [0.2, 0.25) is 4.34 Å². The molecule has 21 heavy (non-hydrogen) atoms. The molecule has 0 amide bonds. The van der Waals surface area contributed by atoms with Gasteiger partial charge >= 0.3 is 0 Å². The zero-order valence-corrected chi connectivity index (χ0v) is 13.5. The Morgan fingerprint density at radius 3 is 3.19 bits per heavy atom. The molecule has 1 fully saturated rings. The molecule has 0 aliphatic carbocycles. The summed E-state index contributed by atoms with van der Waals surface area (Å²) in [5.74, 6) is 1.60. The van der Waals surface area contributed by atoms with Gasteiger partial charge in [0.15, 0.2) is 0 Å². The lowest BCUT2D eigenvalue weighted by molar-refractivity contribution is 0.315. The van der Waals surface area contributed by atoms with Crippen LogP contribution in [0.15, 0.2) is 18.3 Å². The molecule has 112 valence electrons. The number of aromatic nitrogens is 3. The summed E-state index contributed by atoms with van der Waals surface area (Å²) in [6.45, 7) is 5.98. The predicted molar refractivity (Wildman–Crippen MR) is 85.8 cm³/mol. The Hall–Kier alpha value is -1.24. The molecule has 1 unspecified atom stereocenters. The van der Waals surface area contributed by atoms with Crippen LogP contribution in [-0.2, 0) is 6.54 Å². The van der Waals surface area contributed by atoms with Gasteiger partial charge in [-0.2, -0.15) is 0 Å². The van der Waals surface area contributed by atoms with Crippen molar-refractivity contribution in [3.63, 3.8) is 0 Å². The second-order valence-electron chi connectivity index (χ2n) is 5.48. The van der Waals surface area contributed by atoms with Gasteiger partial charge in [-0.1, -0.05) is 16.1 Å². The summed E-state index contributed by atoms with van der Waals surface area (Å²) in [5, 5.41) is 7.51. The topological polar surface area (TPSA) is 53.9 Å². The molecule has 2 aromatic rings. The Balaban J connectivity index is 1.47. The molecule has 7 heteroatoms. The normalized spacial score (nSPS) is 19.0. The third-order valence-electron chi connectivity index (χ3n) is 3.74. The van der Waals surface area contributed by atoms with E-state index in [-0.39, 0.29) is 0 Å². The molecule has 2 aromatic heterocycles. The van der Waals surface area contributed by atoms with E-state index in [0.717, 1.165) is 37.7 Å². The van der Waals surface area contributed by atoms with Crippen LogP contribution in [-0.4, -0.2) is 39.1 Å². The van der Waals surface area contributed by atoms with Gasteiger partial charge in [-0.25, -0.2) is 4.98 Å². The standard InChI is InChI=1S/C14H18ClN5S/c1-10-2-4-16-13(6-10)17-7-11-3-5-20(8-11)9-12-14(15)21-19-18-12/h2,4,6,11H,3,5,7-9H2,1H3,(H,16,17). The number of anilines is 1. The summed E-state index contributed by atoms with van der Waals surface area (Å²) in [4.78, 5) is 6.72. The quantitative estimate of drug-likeness (QED) is 0.917. The number of aryl methyl sites for hydroxylation is 1. The van der Waals surface area contributed by atoms with E-state index >= 15 is 0 Å². The molecule has 1 atom stereocenters. The smallest absolute Gasteiger partial charge is 0.138 e. The lowest BCUT2D eigenvalue weighted by Crippen LogP contribution is -2.23. The average molecular weight is 324 g/mol. The molecule has 0 radical (unpaired) electrons. The fourth-order valence-corrected chi connectivity index (χ4v) is 3.22. The lowest BCUT2D eigenvalue weighted by Gasteiger charge is -2.15. The van der Waals surface area contributed by atoms with Crippen molar-refractivity contribution < 1.29 is 0 Å². The molecule has 0 saturated carbocycles. The van der Waals surface area contributed by atoms with Crippen LogP contribution in [0, 0.1) is 12.8 Å². The van der Waals surface area contributed by atoms with Crippen LogP contribution in [0.3, 0.4) is 0 Å². The Labute approximate surface area is 133 Å². The van der Waals surface area contributed by atoms with E-state index < -0.39 is 0 Å². The van der Waals surface area contributed by atoms with Gasteiger partial charge in [0.05, 0.1) is 0 Å². The summed E-state index contributed by atoms with van der Waals surface area (Å²) >= 11 is 7.31. The van der Waals surface area contributed by atoms with E-state index in [1.54, 1.807) is 0 Å². The maximum atomic E-state index is 6.06. The van der Waals surface area contributed by atoms with Crippen LogP contribution in [0.5, 0.6) is 0 Å². The highest BCUT2D eigenvalue weighted by Gasteiger charge is 2.23. The predicted octanol–water partition coefficient (Wildman–Crippen LogP) is 2.83. The minimum absolute atomic E-state index is 0.637. The fourth-order valence-electron chi connectivity index (χ4n) is 2.61. The van der Waals surface area contributed by atoms with Crippen molar-refractivity contribution in [1.82, 2.24) is 19.5 Å². The second-order valence-corrected chi connectivity index (χ2v) is 6.84. The van der Waals surface area contributed by atoms with E-state index in [1.807, 2.05) is 12.3 Å². The summed E-state index contributed by atoms with van der Waals surface area (Å²) < 4.78 is 4.59. The first-order valence-electron chi connectivity index (χ1n) is 7.06. The number of likely N-dealkylation sites (tertiary alicyclic amines) is 1. The van der Waals surface area contributed by atoms with Gasteiger partial charge in [-0.3, -0.25) is 4.90 Å². The van der Waals surface area contributed by atoms with E-state index in [1.165, 1.54) is 23.5 Å². The molecule has 3 heterocycles. The van der Waals surface area contributed by atoms with Gasteiger partial charge in [-0.05, 0) is 43.5 Å². The van der Waals surface area contributed by atoms with Crippen molar-refractivity contribution in [3.8, 4) is 0 Å². The fraction of sp³-hybridized carbons (Fsp3) is 0.500. The number of halogens is 1. The van der Waals surface area contributed by atoms with Gasteiger partial charge in [-0.15, -0.1) is 5.10 Å². The van der Waals surface area contributed by atoms with E-state index in [0.29, 0.717) is 10.3 Å². The largest absolute Gasteiger partial charge is 0.370 e. The number of hydrogen-bond donors (Lipinski definition) is 1. The van der Waals surface area contributed by atoms with Gasteiger partial charge in [0.2, 0.25) is 0 Å². The molecule has 0 spiro atoms. The highest BCUT2D eigenvalue weighted by molar-refractivity contribution is 7.10. The minimum Gasteiger partial charge on any atom is -0.370 e. The number of rotatable bonds is 5. The van der Waals surface area contributed by atoms with E-state index in [4.69, 9.17) is 11.6 Å². The molecule has 1 aliphatic rings. The number of nitrogens with zero attached hydrogens (tertiary/aromatic N) is 4. The molecule has 5 nitrogen and oxygen atoms in total. The lowest BCUT2D eigenvalue weighted by atomic mass is 10.1. The highest BCUT2D eigenvalue weighted by Crippen LogP contribution is 2.23. The summed E-state index contributed by atoms with van der Waals surface area (Å²) in [5.41, 5.74) is 2.13. The molecular formula is C14H18ClN5S. The van der Waals surface area contributed by atoms with Crippen LogP contribution in [0.4, 0.5) is 5.82 Å². The van der Waals surface area contributed by atoms with Crippen molar-refractivity contribution in [2.24, 2.45) is 5.92 Å². The van der Waals surface area contributed by atoms with E-state index in [2.05, 4.69) is 37.8 Å². The van der Waals surface area contributed by atoms with Crippen molar-refractivity contribution in [2.75, 3.05) is 25.0 Å². The SMILES string of the molecule is Cc1ccnc(NCC2CCN(Cc3nnsc3Cl)C2)c1. The third-order valence-corrected chi connectivity index (χ3v) is 4.72. The first-order valence-corrected chi connectivity index (χ1v) is 8.21. The monoisotopic (exact) mass is 323 g/mol. The van der Waals surface area contributed by atoms with Gasteiger partial charge in [0, 0.05) is 37.4 Å². The van der Waals surface area contributed by atoms with Crippen LogP contribution in [0.25, 0.3) is 0 Å². The molecule has 1 N–H and O–H groups in total. The maximum Gasteiger partial charge on any atom is 0.138 e. The molecule has 1 aliphatic heterocycles. The van der Waals surface area contributed by atoms with Gasteiger partial charge in [0.25, 0.3) is 0 Å². The Morgan fingerprint density at radius 1 is 1.52 bits per heavy atom. The van der Waals surface area contributed by atoms with Gasteiger partial charge < -0.3 is 5.32 Å². The first kappa shape index (κ1) is 14.7. The first-order chi connectivity index (χ1) is 10.2. The highest BCUT2D eigenvalue weighted by atomic mass is 35.5. The average Bonchev–Trinajstić information content (AvgIpc) is 3.07. The zero-order chi connectivity index (χ0) is 14.7. The number of hydrogen-bond acceptors (Lipinski definition) is 6. The Kier molecular flexibility index (Phi) is 4.67. The molecule has 3 rings (SSSR count). The molecule has 0 aromatic carbocycles. The van der Waals surface area contributed by atoms with Crippen molar-refractivity contribution >= 4 is 29.0 Å². The van der Waals surface area contributed by atoms with Crippen molar-refractivity contribution in [3.05, 3.63) is 33.9 Å². The number of pyridine rings is 1. The number of nitrogens with one attached hydrogen (secondary N) is 1. The molecule has 1 saturated heterocycles. The molecular weight excluding hydrogens is 306 g/mol. The van der Waals surface area contributed by atoms with Crippen molar-refractivity contribution in [2.45, 2.75) is 19.9 Å². The van der Waals surface area contributed by atoms with Crippen LogP contribution >= 0.6 is 23.1 Å². The Morgan fingerprint density at radius 2 is 2.43 bits per heavy atom. The zero-order valence-electron chi connectivity index (χ0n) is 11.9. The Bertz CT molecular complexity index is 603. The second kappa shape index (κ2) is 6.68. The maximum absolute atomic E-state index is 6.06. The summed E-state index contributed by atoms with van der Waals surface area (Å²) in [6, 6.07) is 4.08. The van der Waals surface area contributed by atoms with Crippen LogP contribution in [0.1, 0.15) is 17.7 Å². The summed E-state index contributed by atoms with van der Waals surface area (Å²) in [6.07, 6.45) is 3.03. The van der Waals surface area contributed by atoms with E-state index in [9.17, 15) is 0 Å². The van der Waals surface area contributed by atoms with Crippen molar-refractivity contribution in [1.29, 1.82) is 0 Å². The van der Waals surface area contributed by atoms with Crippen LogP contribution < -0.4 is 5.32 Å². The van der Waals surface area contributed by atoms with Gasteiger partial charge in [0.1, 0.15) is 15.8 Å². The molecule has 0 bridgehead atoms. The summed E-state index contributed by atoms with van der Waals surface area (Å²) in [7, 11) is 0.